The Morgan fingerprint density at radius 2 is 2.47 bits per heavy atom. The third-order valence-corrected chi connectivity index (χ3v) is 2.89. The van der Waals surface area contributed by atoms with Gasteiger partial charge in [-0.25, -0.2) is 0 Å². The van der Waals surface area contributed by atoms with E-state index in [2.05, 4.69) is 15.6 Å². The molecule has 1 aliphatic heterocycles. The van der Waals surface area contributed by atoms with Crippen LogP contribution in [0.4, 0.5) is 0 Å². The van der Waals surface area contributed by atoms with Crippen LogP contribution in [0.1, 0.15) is 20.3 Å². The van der Waals surface area contributed by atoms with Crippen molar-refractivity contribution < 1.29 is 14.7 Å². The van der Waals surface area contributed by atoms with E-state index in [-0.39, 0.29) is 30.2 Å². The molecule has 0 fully saturated rings. The number of aliphatic hydroxyl groups excluding tert-OH is 1. The molecule has 1 rings (SSSR count). The number of nitrogens with one attached hydrogen (secondary N) is 2. The van der Waals surface area contributed by atoms with Crippen LogP contribution in [-0.4, -0.2) is 46.5 Å². The van der Waals surface area contributed by atoms with Crippen molar-refractivity contribution in [3.05, 3.63) is 0 Å². The number of rotatable bonds is 4. The first-order chi connectivity index (χ1) is 7.97. The van der Waals surface area contributed by atoms with Gasteiger partial charge in [0.05, 0.1) is 17.9 Å². The fraction of sp³-hybridized carbons (Fsp3) is 0.700. The van der Waals surface area contributed by atoms with E-state index < -0.39 is 6.10 Å². The molecule has 0 aromatic carbocycles. The Hall–Kier alpha value is -1.08. The fourth-order valence-corrected chi connectivity index (χ4v) is 2.05. The molecule has 2 amide bonds. The number of amides is 2. The minimum Gasteiger partial charge on any atom is -0.392 e. The highest BCUT2D eigenvalue weighted by Crippen LogP contribution is 2.10. The lowest BCUT2D eigenvalue weighted by Gasteiger charge is -2.17. The molecule has 0 saturated heterocycles. The summed E-state index contributed by atoms with van der Waals surface area (Å²) >= 11 is 1.19. The number of nitrogens with zero attached hydrogens (tertiary/aromatic N) is 1. The Labute approximate surface area is 104 Å². The summed E-state index contributed by atoms with van der Waals surface area (Å²) in [6.45, 7) is 3.68. The molecule has 2 atom stereocenters. The minimum absolute atomic E-state index is 0.0354. The Morgan fingerprint density at radius 3 is 3.06 bits per heavy atom. The van der Waals surface area contributed by atoms with Crippen molar-refractivity contribution in [3.8, 4) is 0 Å². The average molecular weight is 259 g/mol. The van der Waals surface area contributed by atoms with E-state index in [4.69, 9.17) is 5.11 Å². The molecule has 0 unspecified atom stereocenters. The first kappa shape index (κ1) is 14.0. The van der Waals surface area contributed by atoms with Gasteiger partial charge in [-0.3, -0.25) is 14.6 Å². The Bertz CT molecular complexity index is 331. The molecule has 0 saturated carbocycles. The van der Waals surface area contributed by atoms with Crippen LogP contribution in [0, 0.1) is 0 Å². The van der Waals surface area contributed by atoms with Crippen LogP contribution < -0.4 is 10.6 Å². The van der Waals surface area contributed by atoms with Crippen molar-refractivity contribution in [1.82, 2.24) is 10.6 Å². The van der Waals surface area contributed by atoms with Crippen LogP contribution in [0.25, 0.3) is 0 Å². The summed E-state index contributed by atoms with van der Waals surface area (Å²) in [7, 11) is 0. The molecule has 6 nitrogen and oxygen atoms in total. The van der Waals surface area contributed by atoms with E-state index in [0.29, 0.717) is 11.6 Å². The molecule has 17 heavy (non-hydrogen) atoms. The molecule has 96 valence electrons. The van der Waals surface area contributed by atoms with Crippen molar-refractivity contribution in [1.29, 1.82) is 0 Å². The van der Waals surface area contributed by atoms with Gasteiger partial charge < -0.3 is 15.7 Å². The SMILES string of the molecule is C[C@H](O)CNC(=O)CSC1=N[C@H](C)CC(=O)N1. The molecular weight excluding hydrogens is 242 g/mol. The lowest BCUT2D eigenvalue weighted by atomic mass is 10.2. The molecule has 0 aromatic rings. The van der Waals surface area contributed by atoms with Crippen molar-refractivity contribution >= 4 is 28.7 Å². The minimum atomic E-state index is -0.560. The quantitative estimate of drug-likeness (QED) is 0.633. The lowest BCUT2D eigenvalue weighted by Crippen LogP contribution is -2.37. The van der Waals surface area contributed by atoms with Crippen molar-refractivity contribution in [2.45, 2.75) is 32.4 Å². The van der Waals surface area contributed by atoms with Crippen molar-refractivity contribution in [2.24, 2.45) is 4.99 Å². The highest BCUT2D eigenvalue weighted by Gasteiger charge is 2.18. The summed E-state index contributed by atoms with van der Waals surface area (Å²) in [5.41, 5.74) is 0. The summed E-state index contributed by atoms with van der Waals surface area (Å²) in [5, 5.41) is 14.7. The zero-order valence-electron chi connectivity index (χ0n) is 9.90. The van der Waals surface area contributed by atoms with Crippen LogP contribution >= 0.6 is 11.8 Å². The Morgan fingerprint density at radius 1 is 1.76 bits per heavy atom. The van der Waals surface area contributed by atoms with E-state index in [1.54, 1.807) is 6.92 Å². The molecule has 0 aromatic heterocycles. The van der Waals surface area contributed by atoms with Gasteiger partial charge in [-0.05, 0) is 13.8 Å². The zero-order chi connectivity index (χ0) is 12.8. The topological polar surface area (TPSA) is 90.8 Å². The molecule has 0 spiro atoms. The molecule has 3 N–H and O–H groups in total. The predicted molar refractivity (Wildman–Crippen MR) is 66.8 cm³/mol. The highest BCUT2D eigenvalue weighted by atomic mass is 32.2. The van der Waals surface area contributed by atoms with E-state index in [0.717, 1.165) is 0 Å². The van der Waals surface area contributed by atoms with Gasteiger partial charge in [0, 0.05) is 13.0 Å². The molecule has 0 radical (unpaired) electrons. The van der Waals surface area contributed by atoms with Crippen LogP contribution in [0.3, 0.4) is 0 Å². The summed E-state index contributed by atoms with van der Waals surface area (Å²) in [5.74, 6) is -0.0797. The number of thioether (sulfide) groups is 1. The van der Waals surface area contributed by atoms with E-state index in [1.165, 1.54) is 11.8 Å². The van der Waals surface area contributed by atoms with Gasteiger partial charge in [0.1, 0.15) is 0 Å². The fourth-order valence-electron chi connectivity index (χ4n) is 1.24. The molecule has 0 bridgehead atoms. The maximum absolute atomic E-state index is 11.3. The van der Waals surface area contributed by atoms with Gasteiger partial charge in [0.2, 0.25) is 11.8 Å². The van der Waals surface area contributed by atoms with E-state index in [1.807, 2.05) is 6.92 Å². The normalized spacial score (nSPS) is 21.5. The number of carbonyl (C=O) groups is 2. The zero-order valence-corrected chi connectivity index (χ0v) is 10.7. The van der Waals surface area contributed by atoms with Crippen LogP contribution in [0.5, 0.6) is 0 Å². The van der Waals surface area contributed by atoms with Gasteiger partial charge in [-0.2, -0.15) is 0 Å². The molecular formula is C10H17N3O3S. The largest absolute Gasteiger partial charge is 0.392 e. The van der Waals surface area contributed by atoms with Gasteiger partial charge in [-0.15, -0.1) is 0 Å². The maximum atomic E-state index is 11.3. The number of carbonyl (C=O) groups excluding carboxylic acids is 2. The Kier molecular flexibility index (Phi) is 5.43. The lowest BCUT2D eigenvalue weighted by molar-refractivity contribution is -0.120. The standard InChI is InChI=1S/C10H17N3O3S/c1-6-3-8(15)13-10(12-6)17-5-9(16)11-4-7(2)14/h6-7,14H,3-5H2,1-2H3,(H,11,16)(H,12,13,15)/t6-,7+/m1/s1. The van der Waals surface area contributed by atoms with Gasteiger partial charge >= 0.3 is 0 Å². The van der Waals surface area contributed by atoms with Gasteiger partial charge in [0.25, 0.3) is 0 Å². The summed E-state index contributed by atoms with van der Waals surface area (Å²) in [4.78, 5) is 26.8. The predicted octanol–water partition coefficient (Wildman–Crippen LogP) is -0.519. The number of hydrogen-bond acceptors (Lipinski definition) is 5. The summed E-state index contributed by atoms with van der Waals surface area (Å²) in [6.07, 6.45) is -0.172. The maximum Gasteiger partial charge on any atom is 0.230 e. The second kappa shape index (κ2) is 6.61. The van der Waals surface area contributed by atoms with Crippen LogP contribution in [0.2, 0.25) is 0 Å². The first-order valence-electron chi connectivity index (χ1n) is 5.42. The van der Waals surface area contributed by atoms with Crippen molar-refractivity contribution in [3.63, 3.8) is 0 Å². The summed E-state index contributed by atoms with van der Waals surface area (Å²) in [6, 6.07) is -0.0354. The van der Waals surface area contributed by atoms with Crippen LogP contribution in [0.15, 0.2) is 4.99 Å². The van der Waals surface area contributed by atoms with E-state index >= 15 is 0 Å². The molecule has 7 heteroatoms. The average Bonchev–Trinajstić information content (AvgIpc) is 2.22. The number of hydrogen-bond donors (Lipinski definition) is 3. The molecule has 1 aliphatic rings. The smallest absolute Gasteiger partial charge is 0.230 e. The first-order valence-corrected chi connectivity index (χ1v) is 6.41. The summed E-state index contributed by atoms with van der Waals surface area (Å²) < 4.78 is 0. The van der Waals surface area contributed by atoms with Gasteiger partial charge in [0.15, 0.2) is 5.17 Å². The van der Waals surface area contributed by atoms with E-state index in [9.17, 15) is 9.59 Å². The second-order valence-electron chi connectivity index (χ2n) is 3.98. The third-order valence-electron chi connectivity index (χ3n) is 2.00. The van der Waals surface area contributed by atoms with Crippen LogP contribution in [-0.2, 0) is 9.59 Å². The number of aliphatic hydroxyl groups is 1. The third kappa shape index (κ3) is 5.69. The monoisotopic (exact) mass is 259 g/mol. The number of aliphatic imine (C=N–C) groups is 1. The number of amidine groups is 1. The van der Waals surface area contributed by atoms with Gasteiger partial charge in [-0.1, -0.05) is 11.8 Å². The Balaban J connectivity index is 2.30. The highest BCUT2D eigenvalue weighted by molar-refractivity contribution is 8.14. The van der Waals surface area contributed by atoms with Crippen molar-refractivity contribution in [2.75, 3.05) is 12.3 Å². The molecule has 0 aliphatic carbocycles. The second-order valence-corrected chi connectivity index (χ2v) is 4.94. The molecule has 1 heterocycles.